The van der Waals surface area contributed by atoms with Crippen LogP contribution in [0.25, 0.3) is 0 Å². The van der Waals surface area contributed by atoms with Crippen LogP contribution in [0.2, 0.25) is 0 Å². The molecule has 0 aliphatic heterocycles. The topological polar surface area (TPSA) is 44.4 Å². The summed E-state index contributed by atoms with van der Waals surface area (Å²) in [6.07, 6.45) is 0. The SMILES string of the molecule is CN(C)C(=O)NCCNCc1ccc(SC(F)(F)F)cc1. The van der Waals surface area contributed by atoms with Gasteiger partial charge in [-0.1, -0.05) is 12.1 Å². The number of rotatable bonds is 6. The number of benzene rings is 1. The lowest BCUT2D eigenvalue weighted by molar-refractivity contribution is -0.0328. The van der Waals surface area contributed by atoms with Gasteiger partial charge in [0.1, 0.15) is 0 Å². The zero-order valence-corrected chi connectivity index (χ0v) is 12.6. The summed E-state index contributed by atoms with van der Waals surface area (Å²) in [5.74, 6) is 0. The maximum atomic E-state index is 12.2. The average Bonchev–Trinajstić information content (AvgIpc) is 2.38. The van der Waals surface area contributed by atoms with Gasteiger partial charge in [-0.25, -0.2) is 4.79 Å². The minimum absolute atomic E-state index is 0.125. The van der Waals surface area contributed by atoms with Gasteiger partial charge < -0.3 is 15.5 Å². The van der Waals surface area contributed by atoms with Gasteiger partial charge in [-0.3, -0.25) is 0 Å². The molecule has 0 unspecified atom stereocenters. The molecule has 0 saturated carbocycles. The second kappa shape index (κ2) is 8.14. The fourth-order valence-corrected chi connectivity index (χ4v) is 2.00. The van der Waals surface area contributed by atoms with Crippen LogP contribution in [0.15, 0.2) is 29.2 Å². The van der Waals surface area contributed by atoms with Crippen molar-refractivity contribution in [3.05, 3.63) is 29.8 Å². The molecule has 8 heteroatoms. The lowest BCUT2D eigenvalue weighted by Gasteiger charge is -2.12. The molecule has 1 aromatic carbocycles. The van der Waals surface area contributed by atoms with Crippen LogP contribution in [0.1, 0.15) is 5.56 Å². The van der Waals surface area contributed by atoms with Gasteiger partial charge in [-0.15, -0.1) is 0 Å². The molecule has 4 nitrogen and oxygen atoms in total. The summed E-state index contributed by atoms with van der Waals surface area (Å²) in [5, 5.41) is 5.80. The number of halogens is 3. The molecule has 0 aliphatic rings. The van der Waals surface area contributed by atoms with E-state index in [9.17, 15) is 18.0 Å². The van der Waals surface area contributed by atoms with Crippen LogP contribution in [-0.2, 0) is 6.54 Å². The van der Waals surface area contributed by atoms with Crippen LogP contribution >= 0.6 is 11.8 Å². The molecule has 1 aromatic rings. The minimum atomic E-state index is -4.26. The number of urea groups is 1. The van der Waals surface area contributed by atoms with E-state index < -0.39 is 5.51 Å². The Kier molecular flexibility index (Phi) is 6.83. The average molecular weight is 321 g/mol. The summed E-state index contributed by atoms with van der Waals surface area (Å²) >= 11 is -0.125. The third kappa shape index (κ3) is 7.81. The molecule has 0 aromatic heterocycles. The van der Waals surface area contributed by atoms with Crippen LogP contribution in [0, 0.1) is 0 Å². The molecule has 21 heavy (non-hydrogen) atoms. The molecule has 0 fully saturated rings. The summed E-state index contributed by atoms with van der Waals surface area (Å²) in [7, 11) is 3.31. The first-order valence-corrected chi connectivity index (χ1v) is 7.10. The monoisotopic (exact) mass is 321 g/mol. The van der Waals surface area contributed by atoms with Gasteiger partial charge in [-0.05, 0) is 29.5 Å². The quantitative estimate of drug-likeness (QED) is 0.625. The van der Waals surface area contributed by atoms with Crippen molar-refractivity contribution in [2.75, 3.05) is 27.2 Å². The first-order chi connectivity index (χ1) is 9.78. The standard InChI is InChI=1S/C13H18F3N3OS/c1-19(2)12(20)18-8-7-17-9-10-3-5-11(6-4-10)21-13(14,15)16/h3-6,17H,7-9H2,1-2H3,(H,18,20). The van der Waals surface area contributed by atoms with Crippen molar-refractivity contribution < 1.29 is 18.0 Å². The lowest BCUT2D eigenvalue weighted by atomic mass is 10.2. The van der Waals surface area contributed by atoms with Crippen LogP contribution in [0.4, 0.5) is 18.0 Å². The van der Waals surface area contributed by atoms with E-state index in [1.807, 2.05) is 0 Å². The van der Waals surface area contributed by atoms with E-state index in [2.05, 4.69) is 10.6 Å². The number of carbonyl (C=O) groups is 1. The highest BCUT2D eigenvalue weighted by atomic mass is 32.2. The number of nitrogens with zero attached hydrogens (tertiary/aromatic N) is 1. The number of nitrogens with one attached hydrogen (secondary N) is 2. The van der Waals surface area contributed by atoms with E-state index in [-0.39, 0.29) is 22.7 Å². The summed E-state index contributed by atoms with van der Waals surface area (Å²) in [6.45, 7) is 1.60. The van der Waals surface area contributed by atoms with Gasteiger partial charge in [0, 0.05) is 38.6 Å². The predicted molar refractivity (Wildman–Crippen MR) is 77.1 cm³/mol. The molecule has 0 heterocycles. The molecule has 118 valence electrons. The van der Waals surface area contributed by atoms with Gasteiger partial charge >= 0.3 is 11.5 Å². The molecule has 0 spiro atoms. The summed E-state index contributed by atoms with van der Waals surface area (Å²) < 4.78 is 36.5. The Morgan fingerprint density at radius 2 is 1.81 bits per heavy atom. The zero-order chi connectivity index (χ0) is 15.9. The van der Waals surface area contributed by atoms with Gasteiger partial charge in [0.15, 0.2) is 0 Å². The van der Waals surface area contributed by atoms with E-state index in [0.717, 1.165) is 5.56 Å². The number of carbonyl (C=O) groups excluding carboxylic acids is 1. The Morgan fingerprint density at radius 3 is 2.33 bits per heavy atom. The molecule has 2 amide bonds. The number of amides is 2. The molecule has 1 rings (SSSR count). The first-order valence-electron chi connectivity index (χ1n) is 6.28. The van der Waals surface area contributed by atoms with Gasteiger partial charge in [0.25, 0.3) is 0 Å². The molecule has 2 N–H and O–H groups in total. The highest BCUT2D eigenvalue weighted by Gasteiger charge is 2.28. The molecule has 0 bridgehead atoms. The van der Waals surface area contributed by atoms with Crippen molar-refractivity contribution in [3.8, 4) is 0 Å². The van der Waals surface area contributed by atoms with Crippen molar-refractivity contribution in [1.82, 2.24) is 15.5 Å². The fraction of sp³-hybridized carbons (Fsp3) is 0.462. The fourth-order valence-electron chi connectivity index (χ4n) is 1.46. The van der Waals surface area contributed by atoms with Crippen molar-refractivity contribution in [2.45, 2.75) is 16.9 Å². The Hall–Kier alpha value is -1.41. The highest BCUT2D eigenvalue weighted by molar-refractivity contribution is 8.00. The smallest absolute Gasteiger partial charge is 0.337 e. The van der Waals surface area contributed by atoms with E-state index in [0.29, 0.717) is 19.6 Å². The molecular formula is C13H18F3N3OS. The molecule has 0 radical (unpaired) electrons. The van der Waals surface area contributed by atoms with Crippen LogP contribution in [0.5, 0.6) is 0 Å². The molecule has 0 saturated heterocycles. The van der Waals surface area contributed by atoms with Gasteiger partial charge in [0.05, 0.1) is 0 Å². The number of hydrogen-bond donors (Lipinski definition) is 2. The number of hydrogen-bond acceptors (Lipinski definition) is 3. The van der Waals surface area contributed by atoms with Crippen molar-refractivity contribution >= 4 is 17.8 Å². The van der Waals surface area contributed by atoms with Crippen LogP contribution < -0.4 is 10.6 Å². The summed E-state index contributed by atoms with van der Waals surface area (Å²) in [4.78, 5) is 12.8. The maximum absolute atomic E-state index is 12.2. The van der Waals surface area contributed by atoms with E-state index >= 15 is 0 Å². The third-order valence-electron chi connectivity index (χ3n) is 2.47. The summed E-state index contributed by atoms with van der Waals surface area (Å²) in [6, 6.07) is 6.04. The third-order valence-corrected chi connectivity index (χ3v) is 3.21. The molecule has 0 aliphatic carbocycles. The minimum Gasteiger partial charge on any atom is -0.337 e. The van der Waals surface area contributed by atoms with Crippen LogP contribution in [0.3, 0.4) is 0 Å². The second-order valence-electron chi connectivity index (χ2n) is 4.49. The van der Waals surface area contributed by atoms with E-state index in [1.54, 1.807) is 26.2 Å². The number of thioether (sulfide) groups is 1. The highest BCUT2D eigenvalue weighted by Crippen LogP contribution is 2.36. The largest absolute Gasteiger partial charge is 0.446 e. The van der Waals surface area contributed by atoms with Gasteiger partial charge in [-0.2, -0.15) is 13.2 Å². The Bertz CT molecular complexity index is 449. The van der Waals surface area contributed by atoms with Crippen molar-refractivity contribution in [1.29, 1.82) is 0 Å². The first kappa shape index (κ1) is 17.6. The summed E-state index contributed by atoms with van der Waals surface area (Å²) in [5.41, 5.74) is -3.37. The van der Waals surface area contributed by atoms with E-state index in [4.69, 9.17) is 0 Å². The lowest BCUT2D eigenvalue weighted by Crippen LogP contribution is -2.38. The van der Waals surface area contributed by atoms with Crippen molar-refractivity contribution in [3.63, 3.8) is 0 Å². The predicted octanol–water partition coefficient (Wildman–Crippen LogP) is 2.66. The Labute approximate surface area is 126 Å². The second-order valence-corrected chi connectivity index (χ2v) is 5.63. The normalized spacial score (nSPS) is 11.3. The Morgan fingerprint density at radius 1 is 1.19 bits per heavy atom. The van der Waals surface area contributed by atoms with E-state index in [1.165, 1.54) is 17.0 Å². The maximum Gasteiger partial charge on any atom is 0.446 e. The van der Waals surface area contributed by atoms with Gasteiger partial charge in [0.2, 0.25) is 0 Å². The molecule has 0 atom stereocenters. The molecular weight excluding hydrogens is 303 g/mol. The van der Waals surface area contributed by atoms with Crippen molar-refractivity contribution in [2.24, 2.45) is 0 Å². The Balaban J connectivity index is 2.26. The van der Waals surface area contributed by atoms with Crippen LogP contribution in [-0.4, -0.2) is 43.6 Å². The number of alkyl halides is 3. The zero-order valence-electron chi connectivity index (χ0n) is 11.8.